The van der Waals surface area contributed by atoms with Crippen molar-refractivity contribution in [1.29, 1.82) is 0 Å². The summed E-state index contributed by atoms with van der Waals surface area (Å²) >= 11 is 0. The van der Waals surface area contributed by atoms with Crippen LogP contribution in [0.15, 0.2) is 30.6 Å². The molecule has 0 amide bonds. The van der Waals surface area contributed by atoms with Gasteiger partial charge in [0.1, 0.15) is 0 Å². The molecule has 10 heavy (non-hydrogen) atoms. The van der Waals surface area contributed by atoms with Crippen molar-refractivity contribution in [3.63, 3.8) is 0 Å². The summed E-state index contributed by atoms with van der Waals surface area (Å²) in [5.74, 6) is 0. The summed E-state index contributed by atoms with van der Waals surface area (Å²) in [6.07, 6.45) is 3.50. The Kier molecular flexibility index (Phi) is 18.5. The molecule has 1 rings (SSSR count). The lowest BCUT2D eigenvalue weighted by Gasteiger charge is -1.70. The molecule has 0 aliphatic rings. The third-order valence-corrected chi connectivity index (χ3v) is 0.566. The number of rotatable bonds is 0. The van der Waals surface area contributed by atoms with Gasteiger partial charge >= 0.3 is 0 Å². The molecule has 0 bridgehead atoms. The van der Waals surface area contributed by atoms with Crippen molar-refractivity contribution in [2.24, 2.45) is 0 Å². The lowest BCUT2D eigenvalue weighted by molar-refractivity contribution is 0.399. The minimum absolute atomic E-state index is 1.00. The fourth-order valence-electron chi connectivity index (χ4n) is 0.313. The van der Waals surface area contributed by atoms with E-state index in [2.05, 4.69) is 4.98 Å². The van der Waals surface area contributed by atoms with Crippen LogP contribution in [0.5, 0.6) is 0 Å². The highest BCUT2D eigenvalue weighted by atomic mass is 16.2. The van der Waals surface area contributed by atoms with Gasteiger partial charge in [-0.25, -0.2) is 0 Å². The molecule has 3 nitrogen and oxygen atoms in total. The standard InChI is InChI=1S/C5H5N.2CH4O/c1-2-4-6-5-3-1;2*1-2/h1-5H;2*2H,1H3. The van der Waals surface area contributed by atoms with E-state index >= 15 is 0 Å². The Hall–Kier alpha value is -0.930. The van der Waals surface area contributed by atoms with Gasteiger partial charge in [0.2, 0.25) is 0 Å². The van der Waals surface area contributed by atoms with Gasteiger partial charge in [0.05, 0.1) is 0 Å². The second kappa shape index (κ2) is 15.7. The van der Waals surface area contributed by atoms with Crippen LogP contribution in [0.4, 0.5) is 0 Å². The zero-order chi connectivity index (χ0) is 8.24. The van der Waals surface area contributed by atoms with Crippen LogP contribution < -0.4 is 0 Å². The van der Waals surface area contributed by atoms with Gasteiger partial charge in [-0.05, 0) is 12.1 Å². The SMILES string of the molecule is CO.CO.c1ccncc1. The fourth-order valence-corrected chi connectivity index (χ4v) is 0.313. The van der Waals surface area contributed by atoms with Crippen molar-refractivity contribution >= 4 is 0 Å². The normalized spacial score (nSPS) is 6.00. The van der Waals surface area contributed by atoms with E-state index in [-0.39, 0.29) is 0 Å². The Labute approximate surface area is 61.0 Å². The predicted molar refractivity (Wildman–Crippen MR) is 40.5 cm³/mol. The number of nitrogens with zero attached hydrogens (tertiary/aromatic N) is 1. The molecule has 2 N–H and O–H groups in total. The number of aliphatic hydroxyl groups excluding tert-OH is 2. The molecular formula is C7H13NO2. The largest absolute Gasteiger partial charge is 0.400 e. The maximum Gasteiger partial charge on any atom is 0.0319 e. The maximum absolute atomic E-state index is 7.00. The van der Waals surface area contributed by atoms with E-state index in [1.54, 1.807) is 12.4 Å². The number of hydrogen-bond donors (Lipinski definition) is 2. The number of aromatic nitrogens is 1. The monoisotopic (exact) mass is 143 g/mol. The second-order valence-corrected chi connectivity index (χ2v) is 1.02. The van der Waals surface area contributed by atoms with E-state index in [1.807, 2.05) is 18.2 Å². The van der Waals surface area contributed by atoms with E-state index in [0.717, 1.165) is 14.2 Å². The molecule has 0 fully saturated rings. The number of hydrogen-bond acceptors (Lipinski definition) is 3. The molecule has 0 aromatic carbocycles. The van der Waals surface area contributed by atoms with E-state index in [9.17, 15) is 0 Å². The molecule has 1 heterocycles. The summed E-state index contributed by atoms with van der Waals surface area (Å²) in [5.41, 5.74) is 0. The summed E-state index contributed by atoms with van der Waals surface area (Å²) in [6, 6.07) is 5.72. The Morgan fingerprint density at radius 1 is 0.800 bits per heavy atom. The highest BCUT2D eigenvalue weighted by Gasteiger charge is 1.58. The van der Waals surface area contributed by atoms with Gasteiger partial charge in [0.25, 0.3) is 0 Å². The summed E-state index contributed by atoms with van der Waals surface area (Å²) in [4.78, 5) is 3.78. The van der Waals surface area contributed by atoms with Crippen molar-refractivity contribution < 1.29 is 10.2 Å². The predicted octanol–water partition coefficient (Wildman–Crippen LogP) is 0.299. The van der Waals surface area contributed by atoms with Crippen LogP contribution in [0.25, 0.3) is 0 Å². The first-order chi connectivity index (χ1) is 5.00. The van der Waals surface area contributed by atoms with Crippen molar-refractivity contribution in [1.82, 2.24) is 4.98 Å². The van der Waals surface area contributed by atoms with Gasteiger partial charge in [-0.1, -0.05) is 6.07 Å². The molecule has 3 heteroatoms. The third kappa shape index (κ3) is 10.1. The molecule has 0 saturated heterocycles. The van der Waals surface area contributed by atoms with Crippen molar-refractivity contribution in [2.45, 2.75) is 0 Å². The van der Waals surface area contributed by atoms with Gasteiger partial charge in [-0.3, -0.25) is 4.98 Å². The van der Waals surface area contributed by atoms with Crippen LogP contribution in [0.1, 0.15) is 0 Å². The Balaban J connectivity index is 0. The van der Waals surface area contributed by atoms with Gasteiger partial charge in [0.15, 0.2) is 0 Å². The fraction of sp³-hybridized carbons (Fsp3) is 0.286. The topological polar surface area (TPSA) is 53.4 Å². The van der Waals surface area contributed by atoms with Gasteiger partial charge in [0, 0.05) is 26.6 Å². The smallest absolute Gasteiger partial charge is 0.0319 e. The molecule has 0 radical (unpaired) electrons. The van der Waals surface area contributed by atoms with E-state index < -0.39 is 0 Å². The zero-order valence-corrected chi connectivity index (χ0v) is 6.23. The molecule has 0 saturated carbocycles. The quantitative estimate of drug-likeness (QED) is 0.549. The average molecular weight is 143 g/mol. The first-order valence-corrected chi connectivity index (χ1v) is 2.74. The van der Waals surface area contributed by atoms with Crippen LogP contribution in [0.3, 0.4) is 0 Å². The van der Waals surface area contributed by atoms with Gasteiger partial charge < -0.3 is 10.2 Å². The zero-order valence-electron chi connectivity index (χ0n) is 6.23. The van der Waals surface area contributed by atoms with E-state index in [0.29, 0.717) is 0 Å². The Bertz CT molecular complexity index is 83.5. The molecule has 0 spiro atoms. The summed E-state index contributed by atoms with van der Waals surface area (Å²) in [6.45, 7) is 0. The van der Waals surface area contributed by atoms with Crippen LogP contribution in [0, 0.1) is 0 Å². The first kappa shape index (κ1) is 11.8. The maximum atomic E-state index is 7.00. The summed E-state index contributed by atoms with van der Waals surface area (Å²) < 4.78 is 0. The molecule has 0 aliphatic heterocycles. The minimum atomic E-state index is 1.00. The number of pyridine rings is 1. The molecule has 0 unspecified atom stereocenters. The third-order valence-electron chi connectivity index (χ3n) is 0.566. The first-order valence-electron chi connectivity index (χ1n) is 2.74. The van der Waals surface area contributed by atoms with E-state index in [4.69, 9.17) is 10.2 Å². The van der Waals surface area contributed by atoms with Crippen LogP contribution >= 0.6 is 0 Å². The Morgan fingerprint density at radius 2 is 1.20 bits per heavy atom. The highest BCUT2D eigenvalue weighted by Crippen LogP contribution is 1.73. The van der Waals surface area contributed by atoms with E-state index in [1.165, 1.54) is 0 Å². The van der Waals surface area contributed by atoms with Crippen molar-refractivity contribution in [3.05, 3.63) is 30.6 Å². The summed E-state index contributed by atoms with van der Waals surface area (Å²) in [5, 5.41) is 14.0. The molecular weight excluding hydrogens is 130 g/mol. The lowest BCUT2D eigenvalue weighted by Crippen LogP contribution is -1.58. The lowest BCUT2D eigenvalue weighted by atomic mass is 10.5. The van der Waals surface area contributed by atoms with Crippen molar-refractivity contribution in [2.75, 3.05) is 14.2 Å². The van der Waals surface area contributed by atoms with Crippen LogP contribution in [0.2, 0.25) is 0 Å². The molecule has 58 valence electrons. The highest BCUT2D eigenvalue weighted by molar-refractivity contribution is 4.88. The molecule has 1 aromatic rings. The van der Waals surface area contributed by atoms with Crippen LogP contribution in [-0.2, 0) is 0 Å². The van der Waals surface area contributed by atoms with Gasteiger partial charge in [-0.2, -0.15) is 0 Å². The molecule has 1 aromatic heterocycles. The molecule has 0 atom stereocenters. The van der Waals surface area contributed by atoms with Crippen molar-refractivity contribution in [3.8, 4) is 0 Å². The number of aliphatic hydroxyl groups is 2. The Morgan fingerprint density at radius 3 is 1.30 bits per heavy atom. The molecule has 0 aliphatic carbocycles. The summed E-state index contributed by atoms with van der Waals surface area (Å²) in [7, 11) is 2.00. The van der Waals surface area contributed by atoms with Crippen LogP contribution in [-0.4, -0.2) is 29.4 Å². The second-order valence-electron chi connectivity index (χ2n) is 1.02. The van der Waals surface area contributed by atoms with Gasteiger partial charge in [-0.15, -0.1) is 0 Å². The minimum Gasteiger partial charge on any atom is -0.400 e. The average Bonchev–Trinajstić information content (AvgIpc) is 2.14.